The summed E-state index contributed by atoms with van der Waals surface area (Å²) in [6, 6.07) is 1.96. The van der Waals surface area contributed by atoms with E-state index in [2.05, 4.69) is 36.3 Å². The number of aryl methyl sites for hydroxylation is 1. The van der Waals surface area contributed by atoms with Gasteiger partial charge in [0.15, 0.2) is 5.82 Å². The minimum absolute atomic E-state index is 0.165. The lowest BCUT2D eigenvalue weighted by molar-refractivity contribution is -0.126. The lowest BCUT2D eigenvalue weighted by atomic mass is 9.77. The number of anilines is 1. The molecule has 0 spiro atoms. The Balaban J connectivity index is 2.04. The van der Waals surface area contributed by atoms with Crippen LogP contribution in [0.4, 0.5) is 5.82 Å². The minimum Gasteiger partial charge on any atom is -0.309 e. The van der Waals surface area contributed by atoms with Crippen LogP contribution < -0.4 is 5.32 Å². The number of rotatable bonds is 6. The maximum absolute atomic E-state index is 12.7. The molecule has 1 aromatic heterocycles. The molecule has 0 aliphatic heterocycles. The van der Waals surface area contributed by atoms with Gasteiger partial charge in [0, 0.05) is 17.2 Å². The van der Waals surface area contributed by atoms with Crippen LogP contribution in [-0.2, 0) is 11.2 Å². The third-order valence-electron chi connectivity index (χ3n) is 4.23. The van der Waals surface area contributed by atoms with Crippen LogP contribution in [0.2, 0.25) is 0 Å². The number of aromatic amines is 1. The highest BCUT2D eigenvalue weighted by atomic mass is 16.2. The number of carbonyl (C=O) groups is 1. The minimum atomic E-state index is -0.169. The van der Waals surface area contributed by atoms with Crippen LogP contribution in [0.1, 0.15) is 65.0 Å². The smallest absolute Gasteiger partial charge is 0.231 e. The number of nitrogens with one attached hydrogen (secondary N) is 2. The average molecular weight is 277 g/mol. The Kier molecular flexibility index (Phi) is 4.84. The molecule has 2 N–H and O–H groups in total. The Morgan fingerprint density at radius 3 is 2.75 bits per heavy atom. The van der Waals surface area contributed by atoms with Crippen molar-refractivity contribution in [2.24, 2.45) is 11.3 Å². The molecule has 1 heterocycles. The van der Waals surface area contributed by atoms with E-state index < -0.39 is 0 Å². The zero-order valence-corrected chi connectivity index (χ0v) is 13.0. The van der Waals surface area contributed by atoms with E-state index in [1.807, 2.05) is 6.07 Å². The van der Waals surface area contributed by atoms with Crippen LogP contribution in [0.15, 0.2) is 6.07 Å². The standard InChI is InChI=1S/C16H27N3O/c1-4-7-13-10-14(19-18-13)17-15(20)16(11-12(2)3)8-5-6-9-16/h10,12H,4-9,11H2,1-3H3,(H2,17,18,19,20). The summed E-state index contributed by atoms with van der Waals surface area (Å²) in [5.74, 6) is 1.39. The molecule has 4 nitrogen and oxygen atoms in total. The molecule has 112 valence electrons. The maximum atomic E-state index is 12.7. The van der Waals surface area contributed by atoms with E-state index in [1.54, 1.807) is 0 Å². The van der Waals surface area contributed by atoms with Gasteiger partial charge in [-0.25, -0.2) is 0 Å². The predicted molar refractivity (Wildman–Crippen MR) is 81.6 cm³/mol. The van der Waals surface area contributed by atoms with E-state index in [0.29, 0.717) is 11.7 Å². The fraction of sp³-hybridized carbons (Fsp3) is 0.750. The zero-order chi connectivity index (χ0) is 14.6. The molecule has 0 saturated heterocycles. The molecule has 20 heavy (non-hydrogen) atoms. The summed E-state index contributed by atoms with van der Waals surface area (Å²) in [5.41, 5.74) is 0.921. The molecule has 0 unspecified atom stereocenters. The van der Waals surface area contributed by atoms with Crippen molar-refractivity contribution in [3.05, 3.63) is 11.8 Å². The third kappa shape index (κ3) is 3.41. The van der Waals surface area contributed by atoms with E-state index in [4.69, 9.17) is 0 Å². The van der Waals surface area contributed by atoms with Crippen molar-refractivity contribution in [3.8, 4) is 0 Å². The van der Waals surface area contributed by atoms with Crippen molar-refractivity contribution in [2.75, 3.05) is 5.32 Å². The summed E-state index contributed by atoms with van der Waals surface area (Å²) in [4.78, 5) is 12.7. The monoisotopic (exact) mass is 277 g/mol. The van der Waals surface area contributed by atoms with Gasteiger partial charge in [-0.05, 0) is 31.6 Å². The topological polar surface area (TPSA) is 57.8 Å². The Morgan fingerprint density at radius 1 is 1.45 bits per heavy atom. The van der Waals surface area contributed by atoms with Gasteiger partial charge in [-0.15, -0.1) is 0 Å². The summed E-state index contributed by atoms with van der Waals surface area (Å²) >= 11 is 0. The van der Waals surface area contributed by atoms with Gasteiger partial charge in [0.1, 0.15) is 0 Å². The second-order valence-electron chi connectivity index (χ2n) is 6.57. The Labute approximate surface area is 121 Å². The average Bonchev–Trinajstić information content (AvgIpc) is 2.99. The summed E-state index contributed by atoms with van der Waals surface area (Å²) in [7, 11) is 0. The second-order valence-corrected chi connectivity index (χ2v) is 6.57. The highest BCUT2D eigenvalue weighted by Crippen LogP contribution is 2.43. The van der Waals surface area contributed by atoms with E-state index in [0.717, 1.165) is 37.8 Å². The predicted octanol–water partition coefficient (Wildman–Crippen LogP) is 3.91. The van der Waals surface area contributed by atoms with Crippen LogP contribution in [0.5, 0.6) is 0 Å². The molecule has 0 bridgehead atoms. The van der Waals surface area contributed by atoms with Crippen LogP contribution in [0.3, 0.4) is 0 Å². The molecule has 1 fully saturated rings. The quantitative estimate of drug-likeness (QED) is 0.828. The van der Waals surface area contributed by atoms with Crippen LogP contribution in [0.25, 0.3) is 0 Å². The highest BCUT2D eigenvalue weighted by Gasteiger charge is 2.41. The first-order valence-electron chi connectivity index (χ1n) is 7.91. The molecule has 4 heteroatoms. The zero-order valence-electron chi connectivity index (χ0n) is 13.0. The van der Waals surface area contributed by atoms with Gasteiger partial charge in [0.2, 0.25) is 5.91 Å². The number of aromatic nitrogens is 2. The van der Waals surface area contributed by atoms with Crippen molar-refractivity contribution >= 4 is 11.7 Å². The molecule has 0 radical (unpaired) electrons. The van der Waals surface area contributed by atoms with Gasteiger partial charge >= 0.3 is 0 Å². The SMILES string of the molecule is CCCc1cc(NC(=O)C2(CC(C)C)CCCC2)n[nH]1. The maximum Gasteiger partial charge on any atom is 0.231 e. The molecule has 1 aliphatic carbocycles. The summed E-state index contributed by atoms with van der Waals surface area (Å²) < 4.78 is 0. The number of amides is 1. The van der Waals surface area contributed by atoms with Crippen molar-refractivity contribution < 1.29 is 4.79 Å². The van der Waals surface area contributed by atoms with Crippen molar-refractivity contribution in [1.29, 1.82) is 0 Å². The summed E-state index contributed by atoms with van der Waals surface area (Å²) in [6.45, 7) is 6.53. The Bertz CT molecular complexity index is 444. The fourth-order valence-electron chi connectivity index (χ4n) is 3.43. The molecule has 0 aromatic carbocycles. The van der Waals surface area contributed by atoms with Crippen LogP contribution in [0, 0.1) is 11.3 Å². The Morgan fingerprint density at radius 2 is 2.15 bits per heavy atom. The number of H-pyrrole nitrogens is 1. The lowest BCUT2D eigenvalue weighted by Gasteiger charge is -2.29. The van der Waals surface area contributed by atoms with Crippen LogP contribution >= 0.6 is 0 Å². The van der Waals surface area contributed by atoms with Gasteiger partial charge in [-0.3, -0.25) is 9.89 Å². The molecule has 2 rings (SSSR count). The molecular weight excluding hydrogens is 250 g/mol. The van der Waals surface area contributed by atoms with E-state index in [9.17, 15) is 4.79 Å². The van der Waals surface area contributed by atoms with Gasteiger partial charge in [0.25, 0.3) is 0 Å². The number of carbonyl (C=O) groups excluding carboxylic acids is 1. The highest BCUT2D eigenvalue weighted by molar-refractivity contribution is 5.94. The Hall–Kier alpha value is -1.32. The van der Waals surface area contributed by atoms with Crippen molar-refractivity contribution in [1.82, 2.24) is 10.2 Å². The third-order valence-corrected chi connectivity index (χ3v) is 4.23. The summed E-state index contributed by atoms with van der Waals surface area (Å²) in [6.07, 6.45) is 7.40. The molecule has 1 aliphatic rings. The van der Waals surface area contributed by atoms with E-state index in [1.165, 1.54) is 12.8 Å². The van der Waals surface area contributed by atoms with E-state index >= 15 is 0 Å². The second kappa shape index (κ2) is 6.42. The first-order valence-corrected chi connectivity index (χ1v) is 7.91. The first-order chi connectivity index (χ1) is 9.55. The molecular formula is C16H27N3O. The molecule has 1 saturated carbocycles. The van der Waals surface area contributed by atoms with Crippen LogP contribution in [-0.4, -0.2) is 16.1 Å². The van der Waals surface area contributed by atoms with Crippen molar-refractivity contribution in [3.63, 3.8) is 0 Å². The molecule has 1 amide bonds. The van der Waals surface area contributed by atoms with Crippen molar-refractivity contribution in [2.45, 2.75) is 65.7 Å². The van der Waals surface area contributed by atoms with E-state index in [-0.39, 0.29) is 11.3 Å². The normalized spacial score (nSPS) is 17.6. The molecule has 1 aromatic rings. The number of hydrogen-bond acceptors (Lipinski definition) is 2. The number of hydrogen-bond donors (Lipinski definition) is 2. The fourth-order valence-corrected chi connectivity index (χ4v) is 3.43. The largest absolute Gasteiger partial charge is 0.309 e. The van der Waals surface area contributed by atoms with Gasteiger partial charge in [-0.1, -0.05) is 40.0 Å². The lowest BCUT2D eigenvalue weighted by Crippen LogP contribution is -2.35. The van der Waals surface area contributed by atoms with Gasteiger partial charge < -0.3 is 5.32 Å². The molecule has 0 atom stereocenters. The van der Waals surface area contributed by atoms with Gasteiger partial charge in [0.05, 0.1) is 0 Å². The number of nitrogens with zero attached hydrogens (tertiary/aromatic N) is 1. The van der Waals surface area contributed by atoms with Gasteiger partial charge in [-0.2, -0.15) is 5.10 Å². The summed E-state index contributed by atoms with van der Waals surface area (Å²) in [5, 5.41) is 10.2. The first kappa shape index (κ1) is 15.1.